The topological polar surface area (TPSA) is 105 Å². The lowest BCUT2D eigenvalue weighted by Crippen LogP contribution is -2.29. The molecule has 0 radical (unpaired) electrons. The van der Waals surface area contributed by atoms with Crippen LogP contribution in [-0.4, -0.2) is 55.1 Å². The van der Waals surface area contributed by atoms with Gasteiger partial charge in [0.25, 0.3) is 10.0 Å². The highest BCUT2D eigenvalue weighted by molar-refractivity contribution is 7.89. The summed E-state index contributed by atoms with van der Waals surface area (Å²) in [6, 6.07) is 1.81. The molecule has 0 amide bonds. The molecule has 10 heteroatoms. The molecule has 0 saturated carbocycles. The normalized spacial score (nSPS) is 11.5. The average Bonchev–Trinajstić information content (AvgIpc) is 2.83. The Kier molecular flexibility index (Phi) is 5.40. The van der Waals surface area contributed by atoms with Gasteiger partial charge in [0, 0.05) is 46.5 Å². The van der Waals surface area contributed by atoms with Crippen molar-refractivity contribution in [1.82, 2.24) is 24.2 Å². The fraction of sp³-hybridized carbons (Fsp3) is 0.500. The third-order valence-corrected chi connectivity index (χ3v) is 4.70. The Morgan fingerprint density at radius 1 is 1.17 bits per heavy atom. The number of hydrogen-bond acceptors (Lipinski definition) is 7. The molecule has 0 aliphatic heterocycles. The molecule has 2 aromatic rings. The van der Waals surface area contributed by atoms with Gasteiger partial charge in [-0.2, -0.15) is 0 Å². The minimum absolute atomic E-state index is 0.0234. The molecule has 0 saturated heterocycles. The molecule has 0 aliphatic carbocycles. The van der Waals surface area contributed by atoms with E-state index in [0.717, 1.165) is 5.82 Å². The van der Waals surface area contributed by atoms with Gasteiger partial charge in [-0.05, 0) is 13.8 Å². The number of sulfonamides is 1. The molecule has 0 aromatic carbocycles. The lowest BCUT2D eigenvalue weighted by Gasteiger charge is -2.14. The molecule has 9 nitrogen and oxygen atoms in total. The van der Waals surface area contributed by atoms with Crippen molar-refractivity contribution in [3.8, 4) is 0 Å². The van der Waals surface area contributed by atoms with E-state index in [2.05, 4.69) is 25.0 Å². The molecule has 2 rings (SSSR count). The summed E-state index contributed by atoms with van der Waals surface area (Å²) in [6.45, 7) is 4.18. The Bertz CT molecular complexity index is 795. The second kappa shape index (κ2) is 7.14. The Morgan fingerprint density at radius 3 is 2.46 bits per heavy atom. The highest BCUT2D eigenvalue weighted by Crippen LogP contribution is 2.13. The molecule has 2 aromatic heterocycles. The van der Waals surface area contributed by atoms with Gasteiger partial charge in [-0.25, -0.2) is 28.1 Å². The Morgan fingerprint density at radius 2 is 1.88 bits per heavy atom. The van der Waals surface area contributed by atoms with Crippen molar-refractivity contribution in [3.05, 3.63) is 23.9 Å². The predicted octanol–water partition coefficient (Wildman–Crippen LogP) is 0.283. The second-order valence-electron chi connectivity index (χ2n) is 5.61. The maximum atomic E-state index is 12.2. The van der Waals surface area contributed by atoms with E-state index in [9.17, 15) is 8.42 Å². The molecule has 0 spiro atoms. The minimum Gasteiger partial charge on any atom is -0.369 e. The molecule has 0 fully saturated rings. The first-order chi connectivity index (χ1) is 11.2. The van der Waals surface area contributed by atoms with E-state index < -0.39 is 10.0 Å². The third-order valence-electron chi connectivity index (χ3n) is 3.37. The van der Waals surface area contributed by atoms with Crippen LogP contribution in [0.25, 0.3) is 0 Å². The molecule has 132 valence electrons. The van der Waals surface area contributed by atoms with E-state index in [1.165, 1.54) is 6.20 Å². The van der Waals surface area contributed by atoms with Crippen LogP contribution in [0.4, 0.5) is 11.6 Å². The van der Waals surface area contributed by atoms with Gasteiger partial charge in [0.15, 0.2) is 5.03 Å². The number of rotatable bonds is 7. The lowest BCUT2D eigenvalue weighted by molar-refractivity contribution is 0.579. The maximum Gasteiger partial charge on any atom is 0.259 e. The quantitative estimate of drug-likeness (QED) is 0.689. The monoisotopic (exact) mass is 353 g/mol. The Labute approximate surface area is 142 Å². The predicted molar refractivity (Wildman–Crippen MR) is 92.7 cm³/mol. The zero-order chi connectivity index (χ0) is 17.9. The van der Waals surface area contributed by atoms with Gasteiger partial charge in [0.05, 0.1) is 0 Å². The first-order valence-electron chi connectivity index (χ1n) is 7.45. The van der Waals surface area contributed by atoms with E-state index in [1.54, 1.807) is 18.5 Å². The molecular weight excluding hydrogens is 330 g/mol. The number of nitrogens with one attached hydrogen (secondary N) is 2. The maximum absolute atomic E-state index is 12.2. The number of nitrogens with zero attached hydrogens (tertiary/aromatic N) is 5. The SMILES string of the molecule is Cc1nc(NCCNS(=O)(=O)c2cn(C)c(C)n2)cc(N(C)C)n1. The number of anilines is 2. The third kappa shape index (κ3) is 4.42. The Hall–Kier alpha value is -2.20. The van der Waals surface area contributed by atoms with Gasteiger partial charge in [0.1, 0.15) is 23.3 Å². The van der Waals surface area contributed by atoms with Crippen LogP contribution in [0.2, 0.25) is 0 Å². The van der Waals surface area contributed by atoms with Gasteiger partial charge < -0.3 is 14.8 Å². The molecule has 2 N–H and O–H groups in total. The molecule has 0 bridgehead atoms. The standard InChI is InChI=1S/C14H23N7O2S/c1-10-17-12(8-13(18-10)20(3)4)15-6-7-16-24(22,23)14-9-21(5)11(2)19-14/h8-9,16H,6-7H2,1-5H3,(H,15,17,18). The minimum atomic E-state index is -3.61. The fourth-order valence-corrected chi connectivity index (χ4v) is 3.05. The molecular formula is C14H23N7O2S. The smallest absolute Gasteiger partial charge is 0.259 e. The van der Waals surface area contributed by atoms with Gasteiger partial charge in [-0.3, -0.25) is 0 Å². The summed E-state index contributed by atoms with van der Waals surface area (Å²) in [5.74, 6) is 2.73. The van der Waals surface area contributed by atoms with E-state index in [1.807, 2.05) is 32.0 Å². The molecule has 0 aliphatic rings. The second-order valence-corrected chi connectivity index (χ2v) is 7.33. The van der Waals surface area contributed by atoms with Crippen molar-refractivity contribution < 1.29 is 8.42 Å². The first kappa shape index (κ1) is 18.1. The van der Waals surface area contributed by atoms with Crippen molar-refractivity contribution in [2.75, 3.05) is 37.4 Å². The zero-order valence-corrected chi connectivity index (χ0v) is 15.3. The van der Waals surface area contributed by atoms with E-state index >= 15 is 0 Å². The first-order valence-corrected chi connectivity index (χ1v) is 8.94. The largest absolute Gasteiger partial charge is 0.369 e. The summed E-state index contributed by atoms with van der Waals surface area (Å²) in [5.41, 5.74) is 0. The van der Waals surface area contributed by atoms with Crippen LogP contribution in [0, 0.1) is 13.8 Å². The van der Waals surface area contributed by atoms with Crippen molar-refractivity contribution >= 4 is 21.7 Å². The van der Waals surface area contributed by atoms with Crippen LogP contribution < -0.4 is 14.9 Å². The average molecular weight is 353 g/mol. The van der Waals surface area contributed by atoms with Gasteiger partial charge in [-0.1, -0.05) is 0 Å². The van der Waals surface area contributed by atoms with Crippen molar-refractivity contribution in [1.29, 1.82) is 0 Å². The highest BCUT2D eigenvalue weighted by atomic mass is 32.2. The van der Waals surface area contributed by atoms with Crippen molar-refractivity contribution in [2.24, 2.45) is 7.05 Å². The summed E-state index contributed by atoms with van der Waals surface area (Å²) in [4.78, 5) is 14.5. The molecule has 24 heavy (non-hydrogen) atoms. The van der Waals surface area contributed by atoms with Crippen LogP contribution in [0.15, 0.2) is 17.3 Å². The van der Waals surface area contributed by atoms with Crippen LogP contribution >= 0.6 is 0 Å². The molecule has 2 heterocycles. The number of aromatic nitrogens is 4. The van der Waals surface area contributed by atoms with E-state index in [0.29, 0.717) is 24.0 Å². The lowest BCUT2D eigenvalue weighted by atomic mass is 10.4. The summed E-state index contributed by atoms with van der Waals surface area (Å²) in [7, 11) is 1.94. The van der Waals surface area contributed by atoms with Crippen LogP contribution in [0.5, 0.6) is 0 Å². The zero-order valence-electron chi connectivity index (χ0n) is 14.5. The van der Waals surface area contributed by atoms with Crippen molar-refractivity contribution in [2.45, 2.75) is 18.9 Å². The highest BCUT2D eigenvalue weighted by Gasteiger charge is 2.17. The summed E-state index contributed by atoms with van der Waals surface area (Å²) < 4.78 is 28.5. The van der Waals surface area contributed by atoms with Crippen LogP contribution in [-0.2, 0) is 17.1 Å². The summed E-state index contributed by atoms with van der Waals surface area (Å²) in [5, 5.41) is 3.11. The van der Waals surface area contributed by atoms with Gasteiger partial charge >= 0.3 is 0 Å². The summed E-state index contributed by atoms with van der Waals surface area (Å²) in [6.07, 6.45) is 1.49. The fourth-order valence-electron chi connectivity index (χ4n) is 1.98. The van der Waals surface area contributed by atoms with Crippen molar-refractivity contribution in [3.63, 3.8) is 0 Å². The van der Waals surface area contributed by atoms with Gasteiger partial charge in [-0.15, -0.1) is 0 Å². The van der Waals surface area contributed by atoms with Crippen LogP contribution in [0.1, 0.15) is 11.6 Å². The molecule has 0 unspecified atom stereocenters. The van der Waals surface area contributed by atoms with Gasteiger partial charge in [0.2, 0.25) is 0 Å². The van der Waals surface area contributed by atoms with Crippen LogP contribution in [0.3, 0.4) is 0 Å². The number of aryl methyl sites for hydroxylation is 3. The van der Waals surface area contributed by atoms with E-state index in [4.69, 9.17) is 0 Å². The number of hydrogen-bond donors (Lipinski definition) is 2. The molecule has 0 atom stereocenters. The number of imidazole rings is 1. The Balaban J connectivity index is 1.93. The summed E-state index contributed by atoms with van der Waals surface area (Å²) >= 11 is 0. The van der Waals surface area contributed by atoms with E-state index in [-0.39, 0.29) is 11.6 Å².